The van der Waals surface area contributed by atoms with E-state index in [0.29, 0.717) is 5.88 Å². The van der Waals surface area contributed by atoms with Crippen molar-refractivity contribution < 1.29 is 4.74 Å². The molecule has 1 aromatic carbocycles. The molecule has 4 aliphatic rings. The number of hydrogen-bond acceptors (Lipinski definition) is 6. The molecule has 134 valence electrons. The molecule has 0 unspecified atom stereocenters. The molecule has 2 aromatic rings. The molecule has 0 amide bonds. The third-order valence-electron chi connectivity index (χ3n) is 5.80. The van der Waals surface area contributed by atoms with E-state index in [4.69, 9.17) is 4.74 Å². The van der Waals surface area contributed by atoms with Crippen molar-refractivity contribution in [2.45, 2.75) is 24.8 Å². The molecule has 5 heterocycles. The van der Waals surface area contributed by atoms with E-state index in [-0.39, 0.29) is 5.54 Å². The van der Waals surface area contributed by atoms with Gasteiger partial charge in [0.25, 0.3) is 0 Å². The highest BCUT2D eigenvalue weighted by Gasteiger charge is 2.48. The lowest BCUT2D eigenvalue weighted by Gasteiger charge is -2.52. The molecule has 2 bridgehead atoms. The predicted octanol–water partition coefficient (Wildman–Crippen LogP) is 2.98. The lowest BCUT2D eigenvalue weighted by molar-refractivity contribution is 0.0189. The van der Waals surface area contributed by atoms with Crippen LogP contribution in [0.25, 0.3) is 0 Å². The molecule has 4 aliphatic heterocycles. The van der Waals surface area contributed by atoms with Gasteiger partial charge in [-0.15, -0.1) is 0 Å². The van der Waals surface area contributed by atoms with Crippen LogP contribution in [0.1, 0.15) is 19.3 Å². The van der Waals surface area contributed by atoms with Gasteiger partial charge < -0.3 is 20.3 Å². The number of ether oxygens (including phenoxy) is 1. The molecule has 0 saturated carbocycles. The van der Waals surface area contributed by atoms with Crippen molar-refractivity contribution in [2.24, 2.45) is 5.92 Å². The molecule has 0 aliphatic carbocycles. The van der Waals surface area contributed by atoms with Crippen LogP contribution in [0, 0.1) is 5.92 Å². The first-order valence-electron chi connectivity index (χ1n) is 9.32. The largest absolute Gasteiger partial charge is 0.439 e. The van der Waals surface area contributed by atoms with Gasteiger partial charge in [-0.1, -0.05) is 18.2 Å². The molecule has 3 saturated heterocycles. The Morgan fingerprint density at radius 2 is 2.00 bits per heavy atom. The number of hydrogen-bond donors (Lipinski definition) is 2. The highest BCUT2D eigenvalue weighted by Crippen LogP contribution is 2.41. The van der Waals surface area contributed by atoms with Gasteiger partial charge in [0.1, 0.15) is 23.7 Å². The summed E-state index contributed by atoms with van der Waals surface area (Å²) in [7, 11) is 0. The van der Waals surface area contributed by atoms with Crippen molar-refractivity contribution >= 4 is 5.82 Å². The molecule has 1 atom stereocenters. The zero-order chi connectivity index (χ0) is 17.4. The van der Waals surface area contributed by atoms with Crippen LogP contribution >= 0.6 is 0 Å². The zero-order valence-corrected chi connectivity index (χ0v) is 14.7. The van der Waals surface area contributed by atoms with Crippen molar-refractivity contribution in [2.75, 3.05) is 25.0 Å². The lowest BCUT2D eigenvalue weighted by atomic mass is 9.72. The molecule has 26 heavy (non-hydrogen) atoms. The topological polar surface area (TPSA) is 62.3 Å². The summed E-state index contributed by atoms with van der Waals surface area (Å²) >= 11 is 0. The number of rotatable bonds is 4. The molecular weight excluding hydrogens is 326 g/mol. The summed E-state index contributed by atoms with van der Waals surface area (Å²) in [4.78, 5) is 11.1. The van der Waals surface area contributed by atoms with E-state index in [1.54, 1.807) is 0 Å². The standard InChI is InChI=1S/C20H23N5O/c1-2-4-16(5-3-1)26-19-12-18(21-14-22-19)23-17-6-9-20(24-17)13-25-10-7-15(20)8-11-25/h1-6,12,14-15,24H,7-11,13H2,(H,21,22,23)/t20-/m0/s1. The Morgan fingerprint density at radius 1 is 1.15 bits per heavy atom. The molecule has 1 aromatic heterocycles. The normalized spacial score (nSPS) is 29.3. The second-order valence-corrected chi connectivity index (χ2v) is 7.44. The van der Waals surface area contributed by atoms with E-state index in [0.717, 1.165) is 36.3 Å². The number of aromatic nitrogens is 2. The second kappa shape index (κ2) is 6.29. The number of nitrogens with zero attached hydrogens (tertiary/aromatic N) is 3. The molecule has 6 heteroatoms. The van der Waals surface area contributed by atoms with Gasteiger partial charge in [-0.2, -0.15) is 0 Å². The Labute approximate surface area is 153 Å². The minimum atomic E-state index is 0.204. The Morgan fingerprint density at radius 3 is 2.77 bits per heavy atom. The van der Waals surface area contributed by atoms with E-state index >= 15 is 0 Å². The second-order valence-electron chi connectivity index (χ2n) is 7.44. The number of anilines is 1. The fourth-order valence-electron chi connectivity index (χ4n) is 4.49. The first-order chi connectivity index (χ1) is 12.8. The fraction of sp³-hybridized carbons (Fsp3) is 0.400. The van der Waals surface area contributed by atoms with Crippen molar-refractivity contribution in [3.8, 4) is 11.6 Å². The first-order valence-corrected chi connectivity index (χ1v) is 9.32. The van der Waals surface area contributed by atoms with Crippen molar-refractivity contribution in [3.63, 3.8) is 0 Å². The number of piperidine rings is 3. The summed E-state index contributed by atoms with van der Waals surface area (Å²) in [5, 5.41) is 7.16. The van der Waals surface area contributed by atoms with E-state index in [1.807, 2.05) is 36.4 Å². The highest BCUT2D eigenvalue weighted by molar-refractivity contribution is 5.45. The summed E-state index contributed by atoms with van der Waals surface area (Å²) in [6, 6.07) is 11.5. The number of benzene rings is 1. The van der Waals surface area contributed by atoms with Gasteiger partial charge in [0.15, 0.2) is 0 Å². The predicted molar refractivity (Wildman–Crippen MR) is 99.9 cm³/mol. The summed E-state index contributed by atoms with van der Waals surface area (Å²) in [5.74, 6) is 3.85. The van der Waals surface area contributed by atoms with Gasteiger partial charge in [0, 0.05) is 12.6 Å². The minimum absolute atomic E-state index is 0.204. The summed E-state index contributed by atoms with van der Waals surface area (Å²) in [6.45, 7) is 3.65. The summed E-state index contributed by atoms with van der Waals surface area (Å²) in [5.41, 5.74) is 0.204. The third-order valence-corrected chi connectivity index (χ3v) is 5.80. The molecule has 6 nitrogen and oxygen atoms in total. The van der Waals surface area contributed by atoms with Gasteiger partial charge in [0.2, 0.25) is 5.88 Å². The Balaban J connectivity index is 1.27. The third kappa shape index (κ3) is 2.90. The molecule has 2 N–H and O–H groups in total. The summed E-state index contributed by atoms with van der Waals surface area (Å²) in [6.07, 6.45) is 7.48. The number of para-hydroxylation sites is 1. The van der Waals surface area contributed by atoms with Gasteiger partial charge in [-0.25, -0.2) is 9.97 Å². The molecule has 1 spiro atoms. The van der Waals surface area contributed by atoms with Crippen LogP contribution in [0.15, 0.2) is 54.6 Å². The maximum absolute atomic E-state index is 5.80. The Hall–Kier alpha value is -2.60. The maximum atomic E-state index is 5.80. The van der Waals surface area contributed by atoms with Crippen molar-refractivity contribution in [3.05, 3.63) is 54.6 Å². The van der Waals surface area contributed by atoms with Gasteiger partial charge in [-0.3, -0.25) is 0 Å². The van der Waals surface area contributed by atoms with Gasteiger partial charge in [-0.05, 0) is 56.5 Å². The zero-order valence-electron chi connectivity index (χ0n) is 14.7. The van der Waals surface area contributed by atoms with Crippen LogP contribution < -0.4 is 15.4 Å². The van der Waals surface area contributed by atoms with Crippen LogP contribution in [-0.4, -0.2) is 40.0 Å². The van der Waals surface area contributed by atoms with Crippen molar-refractivity contribution in [1.82, 2.24) is 20.2 Å². The van der Waals surface area contributed by atoms with E-state index in [2.05, 4.69) is 31.6 Å². The van der Waals surface area contributed by atoms with E-state index in [1.165, 1.54) is 32.3 Å². The van der Waals surface area contributed by atoms with Gasteiger partial charge >= 0.3 is 0 Å². The van der Waals surface area contributed by atoms with Crippen LogP contribution in [0.2, 0.25) is 0 Å². The first kappa shape index (κ1) is 15.6. The van der Waals surface area contributed by atoms with Crippen molar-refractivity contribution in [1.29, 1.82) is 0 Å². The smallest absolute Gasteiger partial charge is 0.224 e. The number of fused-ring (bicyclic) bond motifs is 2. The average molecular weight is 349 g/mol. The summed E-state index contributed by atoms with van der Waals surface area (Å²) < 4.78 is 5.80. The van der Waals surface area contributed by atoms with Crippen LogP contribution in [0.4, 0.5) is 5.82 Å². The minimum Gasteiger partial charge on any atom is -0.439 e. The van der Waals surface area contributed by atoms with Crippen LogP contribution in [-0.2, 0) is 0 Å². The van der Waals surface area contributed by atoms with Crippen LogP contribution in [0.3, 0.4) is 0 Å². The molecule has 0 radical (unpaired) electrons. The van der Waals surface area contributed by atoms with E-state index in [9.17, 15) is 0 Å². The lowest BCUT2D eigenvalue weighted by Crippen LogP contribution is -2.64. The average Bonchev–Trinajstić information content (AvgIpc) is 3.06. The molecule has 6 rings (SSSR count). The monoisotopic (exact) mass is 349 g/mol. The fourth-order valence-corrected chi connectivity index (χ4v) is 4.49. The maximum Gasteiger partial charge on any atom is 0.224 e. The quantitative estimate of drug-likeness (QED) is 0.885. The Bertz CT molecular complexity index is 816. The van der Waals surface area contributed by atoms with Gasteiger partial charge in [0.05, 0.1) is 5.54 Å². The van der Waals surface area contributed by atoms with E-state index < -0.39 is 0 Å². The number of nitrogens with one attached hydrogen (secondary N) is 2. The highest BCUT2D eigenvalue weighted by atomic mass is 16.5. The molecular formula is C20H23N5O. The Kier molecular flexibility index (Phi) is 3.78. The van der Waals surface area contributed by atoms with Crippen LogP contribution in [0.5, 0.6) is 11.6 Å². The molecule has 3 fully saturated rings. The SMILES string of the molecule is C1=C(Nc2cc(Oc3ccccc3)ncn2)N[C@@]2(C1)CN1CCC2CC1.